The maximum atomic E-state index is 13.2. The van der Waals surface area contributed by atoms with Gasteiger partial charge in [0.25, 0.3) is 5.56 Å². The molecule has 0 radical (unpaired) electrons. The molecule has 0 saturated heterocycles. The molecule has 0 saturated carbocycles. The number of rotatable bonds is 3. The second-order valence-electron chi connectivity index (χ2n) is 6.62. The van der Waals surface area contributed by atoms with E-state index in [9.17, 15) is 18.0 Å². The third-order valence-electron chi connectivity index (χ3n) is 4.53. The first-order valence-corrected chi connectivity index (χ1v) is 8.86. The van der Waals surface area contributed by atoms with Gasteiger partial charge in [0.05, 0.1) is 28.2 Å². The molecule has 2 heterocycles. The van der Waals surface area contributed by atoms with E-state index in [0.717, 1.165) is 17.7 Å². The average Bonchev–Trinajstić information content (AvgIpc) is 3.13. The third-order valence-corrected chi connectivity index (χ3v) is 4.53. The Morgan fingerprint density at radius 3 is 2.38 bits per heavy atom. The highest BCUT2D eigenvalue weighted by molar-refractivity contribution is 5.70. The molecular formula is C22H16F3N3O. The van der Waals surface area contributed by atoms with Crippen LogP contribution in [0.25, 0.3) is 28.2 Å². The molecule has 0 fully saturated rings. The lowest BCUT2D eigenvalue weighted by Gasteiger charge is -2.11. The van der Waals surface area contributed by atoms with E-state index in [1.807, 2.05) is 30.3 Å². The van der Waals surface area contributed by atoms with Gasteiger partial charge in [0.2, 0.25) is 0 Å². The van der Waals surface area contributed by atoms with Crippen molar-refractivity contribution < 1.29 is 13.2 Å². The molecule has 0 aliphatic carbocycles. The number of aromatic nitrogens is 3. The summed E-state index contributed by atoms with van der Waals surface area (Å²) in [6.07, 6.45) is -4.47. The van der Waals surface area contributed by atoms with Crippen molar-refractivity contribution in [2.24, 2.45) is 0 Å². The van der Waals surface area contributed by atoms with Crippen LogP contribution in [0.3, 0.4) is 0 Å². The number of benzene rings is 2. The minimum Gasteiger partial charge on any atom is -0.326 e. The van der Waals surface area contributed by atoms with E-state index < -0.39 is 11.7 Å². The zero-order chi connectivity index (χ0) is 20.6. The second-order valence-corrected chi connectivity index (χ2v) is 6.62. The number of H-pyrrole nitrogens is 1. The summed E-state index contributed by atoms with van der Waals surface area (Å²) in [5.74, 6) is 0. The highest BCUT2D eigenvalue weighted by Gasteiger charge is 2.30. The largest absolute Gasteiger partial charge is 0.416 e. The molecule has 4 rings (SSSR count). The summed E-state index contributed by atoms with van der Waals surface area (Å²) in [5, 5.41) is 4.47. The molecule has 0 aliphatic heterocycles. The summed E-state index contributed by atoms with van der Waals surface area (Å²) in [6.45, 7) is 1.77. The molecule has 29 heavy (non-hydrogen) atoms. The van der Waals surface area contributed by atoms with Crippen molar-refractivity contribution in [3.05, 3.63) is 94.4 Å². The monoisotopic (exact) mass is 395 g/mol. The zero-order valence-corrected chi connectivity index (χ0v) is 15.4. The fraction of sp³-hybridized carbons (Fsp3) is 0.0909. The van der Waals surface area contributed by atoms with Gasteiger partial charge in [0, 0.05) is 11.3 Å². The Morgan fingerprint density at radius 1 is 0.931 bits per heavy atom. The molecule has 1 N–H and O–H groups in total. The van der Waals surface area contributed by atoms with Gasteiger partial charge < -0.3 is 4.98 Å². The lowest BCUT2D eigenvalue weighted by atomic mass is 10.1. The zero-order valence-electron chi connectivity index (χ0n) is 15.4. The molecule has 0 unspecified atom stereocenters. The van der Waals surface area contributed by atoms with Gasteiger partial charge in [-0.3, -0.25) is 4.79 Å². The van der Waals surface area contributed by atoms with Gasteiger partial charge in [0.1, 0.15) is 0 Å². The first kappa shape index (κ1) is 18.7. The number of nitrogens with zero attached hydrogens (tertiary/aromatic N) is 2. The number of nitrogens with one attached hydrogen (secondary N) is 1. The van der Waals surface area contributed by atoms with Crippen molar-refractivity contribution in [1.29, 1.82) is 0 Å². The smallest absolute Gasteiger partial charge is 0.326 e. The highest BCUT2D eigenvalue weighted by Crippen LogP contribution is 2.32. The van der Waals surface area contributed by atoms with Crippen molar-refractivity contribution in [2.75, 3.05) is 0 Å². The Kier molecular flexibility index (Phi) is 4.58. The number of hydrogen-bond donors (Lipinski definition) is 1. The molecule has 0 bridgehead atoms. The fourth-order valence-electron chi connectivity index (χ4n) is 3.11. The van der Waals surface area contributed by atoms with E-state index in [1.165, 1.54) is 10.7 Å². The number of aryl methyl sites for hydroxylation is 1. The Balaban J connectivity index is 1.93. The Labute approximate surface area is 164 Å². The van der Waals surface area contributed by atoms with Crippen LogP contribution in [0.2, 0.25) is 0 Å². The maximum absolute atomic E-state index is 13.2. The number of halogens is 3. The molecule has 2 aromatic carbocycles. The quantitative estimate of drug-likeness (QED) is 0.517. The van der Waals surface area contributed by atoms with Gasteiger partial charge in [-0.25, -0.2) is 4.68 Å². The molecule has 7 heteroatoms. The SMILES string of the molecule is Cc1ccc(-c2cc(-c3ccccc3)n(-c3cccc(C(F)(F)F)c3)n2)c(=O)[nH]1. The lowest BCUT2D eigenvalue weighted by molar-refractivity contribution is -0.137. The van der Waals surface area contributed by atoms with Crippen LogP contribution in [0.4, 0.5) is 13.2 Å². The van der Waals surface area contributed by atoms with E-state index in [2.05, 4.69) is 10.1 Å². The Bertz CT molecular complexity index is 1220. The van der Waals surface area contributed by atoms with Gasteiger partial charge in [-0.1, -0.05) is 36.4 Å². The standard InChI is InChI=1S/C22H16F3N3O/c1-14-10-11-18(21(29)26-14)19-13-20(15-6-3-2-4-7-15)28(27-19)17-9-5-8-16(12-17)22(23,24)25/h2-13H,1H3,(H,26,29). The predicted octanol–water partition coefficient (Wildman–Crippen LogP) is 5.22. The number of aromatic amines is 1. The normalized spacial score (nSPS) is 11.6. The Morgan fingerprint density at radius 2 is 1.69 bits per heavy atom. The summed E-state index contributed by atoms with van der Waals surface area (Å²) in [7, 11) is 0. The van der Waals surface area contributed by atoms with E-state index >= 15 is 0 Å². The van der Waals surface area contributed by atoms with Gasteiger partial charge in [-0.05, 0) is 43.3 Å². The summed E-state index contributed by atoms with van der Waals surface area (Å²) < 4.78 is 41.0. The van der Waals surface area contributed by atoms with E-state index in [4.69, 9.17) is 0 Å². The fourth-order valence-corrected chi connectivity index (χ4v) is 3.11. The summed E-state index contributed by atoms with van der Waals surface area (Å²) in [5.41, 5.74) is 1.97. The van der Waals surface area contributed by atoms with Crippen molar-refractivity contribution in [2.45, 2.75) is 13.1 Å². The number of hydrogen-bond acceptors (Lipinski definition) is 2. The van der Waals surface area contributed by atoms with Gasteiger partial charge >= 0.3 is 6.18 Å². The molecule has 0 aliphatic rings. The van der Waals surface area contributed by atoms with Crippen molar-refractivity contribution in [3.63, 3.8) is 0 Å². The van der Waals surface area contributed by atoms with Gasteiger partial charge in [-0.2, -0.15) is 18.3 Å². The minimum absolute atomic E-state index is 0.258. The van der Waals surface area contributed by atoms with Gasteiger partial charge in [0.15, 0.2) is 0 Å². The predicted molar refractivity (Wildman–Crippen MR) is 105 cm³/mol. The molecule has 0 atom stereocenters. The lowest BCUT2D eigenvalue weighted by Crippen LogP contribution is -2.10. The van der Waals surface area contributed by atoms with Crippen LogP contribution < -0.4 is 5.56 Å². The highest BCUT2D eigenvalue weighted by atomic mass is 19.4. The molecule has 2 aromatic heterocycles. The van der Waals surface area contributed by atoms with Crippen molar-refractivity contribution in [3.8, 4) is 28.2 Å². The van der Waals surface area contributed by atoms with Gasteiger partial charge in [-0.15, -0.1) is 0 Å². The molecule has 4 nitrogen and oxygen atoms in total. The molecule has 4 aromatic rings. The minimum atomic E-state index is -4.47. The van der Waals surface area contributed by atoms with Crippen LogP contribution in [0.5, 0.6) is 0 Å². The molecule has 0 amide bonds. The first-order chi connectivity index (χ1) is 13.8. The van der Waals surface area contributed by atoms with E-state index in [1.54, 1.807) is 31.2 Å². The topological polar surface area (TPSA) is 50.7 Å². The van der Waals surface area contributed by atoms with E-state index in [-0.39, 0.29) is 11.2 Å². The van der Waals surface area contributed by atoms with Crippen LogP contribution in [0.1, 0.15) is 11.3 Å². The summed E-state index contributed by atoms with van der Waals surface area (Å²) in [4.78, 5) is 15.1. The van der Waals surface area contributed by atoms with Crippen molar-refractivity contribution >= 4 is 0 Å². The molecular weight excluding hydrogens is 379 g/mol. The Hall–Kier alpha value is -3.61. The summed E-state index contributed by atoms with van der Waals surface area (Å²) in [6, 6.07) is 19.2. The number of pyridine rings is 1. The van der Waals surface area contributed by atoms with Crippen LogP contribution in [0.15, 0.2) is 77.6 Å². The first-order valence-electron chi connectivity index (χ1n) is 8.86. The van der Waals surface area contributed by atoms with Crippen molar-refractivity contribution in [1.82, 2.24) is 14.8 Å². The second kappa shape index (κ2) is 7.09. The molecule has 0 spiro atoms. The third kappa shape index (κ3) is 3.71. The van der Waals surface area contributed by atoms with E-state index in [0.29, 0.717) is 22.6 Å². The number of alkyl halides is 3. The maximum Gasteiger partial charge on any atom is 0.416 e. The van der Waals surface area contributed by atoms with Crippen LogP contribution in [0, 0.1) is 6.92 Å². The van der Waals surface area contributed by atoms with Crippen LogP contribution in [-0.2, 0) is 6.18 Å². The van der Waals surface area contributed by atoms with Crippen LogP contribution >= 0.6 is 0 Å². The van der Waals surface area contributed by atoms with Crippen LogP contribution in [-0.4, -0.2) is 14.8 Å². The summed E-state index contributed by atoms with van der Waals surface area (Å²) >= 11 is 0. The average molecular weight is 395 g/mol. The molecule has 146 valence electrons.